The highest BCUT2D eigenvalue weighted by atomic mass is 16.4. The average Bonchev–Trinajstić information content (AvgIpc) is 2.85. The molecule has 0 aromatic heterocycles. The van der Waals surface area contributed by atoms with Crippen molar-refractivity contribution in [3.8, 4) is 18.4 Å². The van der Waals surface area contributed by atoms with Gasteiger partial charge in [0.05, 0.1) is 18.7 Å². The first kappa shape index (κ1) is 16.0. The van der Waals surface area contributed by atoms with E-state index in [9.17, 15) is 9.59 Å². The van der Waals surface area contributed by atoms with E-state index in [0.717, 1.165) is 0 Å². The number of nitriles is 1. The molecule has 1 aliphatic rings. The normalized spacial score (nSPS) is 21.2. The van der Waals surface area contributed by atoms with Gasteiger partial charge in [-0.1, -0.05) is 5.92 Å². The number of hydrogen-bond acceptors (Lipinski definition) is 4. The smallest absolute Gasteiger partial charge is 0.303 e. The molecule has 0 aliphatic carbocycles. The third-order valence-electron chi connectivity index (χ3n) is 3.28. The Kier molecular flexibility index (Phi) is 6.55. The first-order valence-corrected chi connectivity index (χ1v) is 6.69. The van der Waals surface area contributed by atoms with Crippen LogP contribution in [0.3, 0.4) is 0 Å². The molecule has 1 amide bonds. The first-order valence-electron chi connectivity index (χ1n) is 6.69. The van der Waals surface area contributed by atoms with Crippen LogP contribution in [0.15, 0.2) is 0 Å². The fourth-order valence-corrected chi connectivity index (χ4v) is 2.26. The molecule has 2 N–H and O–H groups in total. The Bertz CT molecular complexity index is 414. The van der Waals surface area contributed by atoms with Crippen LogP contribution in [0.1, 0.15) is 32.1 Å². The maximum atomic E-state index is 12.0. The number of likely N-dealkylation sites (tertiary alicyclic amines) is 1. The van der Waals surface area contributed by atoms with Crippen molar-refractivity contribution in [1.82, 2.24) is 10.2 Å². The van der Waals surface area contributed by atoms with Crippen molar-refractivity contribution in [2.45, 2.75) is 44.2 Å². The van der Waals surface area contributed by atoms with Crippen LogP contribution >= 0.6 is 0 Å². The molecule has 1 saturated heterocycles. The summed E-state index contributed by atoms with van der Waals surface area (Å²) in [4.78, 5) is 23.8. The van der Waals surface area contributed by atoms with Crippen LogP contribution in [0.4, 0.5) is 0 Å². The molecule has 0 aromatic carbocycles. The molecule has 6 heteroatoms. The molecule has 6 nitrogen and oxygen atoms in total. The van der Waals surface area contributed by atoms with Gasteiger partial charge in [-0.05, 0) is 32.2 Å². The van der Waals surface area contributed by atoms with Crippen LogP contribution < -0.4 is 5.32 Å². The number of carbonyl (C=O) groups excluding carboxylic acids is 1. The first-order chi connectivity index (χ1) is 9.60. The van der Waals surface area contributed by atoms with E-state index in [1.54, 1.807) is 0 Å². The van der Waals surface area contributed by atoms with Crippen molar-refractivity contribution >= 4 is 11.9 Å². The number of unbranched alkanes of at least 4 members (excludes halogenated alkanes) is 1. The van der Waals surface area contributed by atoms with Crippen LogP contribution in [0.2, 0.25) is 0 Å². The molecule has 1 rings (SSSR count). The summed E-state index contributed by atoms with van der Waals surface area (Å²) in [6, 6.07) is 1.38. The second-order valence-corrected chi connectivity index (χ2v) is 4.73. The van der Waals surface area contributed by atoms with Crippen molar-refractivity contribution in [2.75, 3.05) is 13.1 Å². The summed E-state index contributed by atoms with van der Waals surface area (Å²) in [5.74, 6) is 1.56. The number of amides is 1. The molecular weight excluding hydrogens is 258 g/mol. The van der Waals surface area contributed by atoms with Gasteiger partial charge in [0.15, 0.2) is 0 Å². The van der Waals surface area contributed by atoms with Crippen molar-refractivity contribution in [2.24, 2.45) is 0 Å². The van der Waals surface area contributed by atoms with Crippen LogP contribution in [0.5, 0.6) is 0 Å². The predicted octanol–water partition coefficient (Wildman–Crippen LogP) is 0.347. The van der Waals surface area contributed by atoms with Crippen molar-refractivity contribution in [3.05, 3.63) is 0 Å². The Labute approximate surface area is 118 Å². The maximum Gasteiger partial charge on any atom is 0.303 e. The third-order valence-corrected chi connectivity index (χ3v) is 3.28. The number of carboxylic acids is 1. The Hall–Kier alpha value is -2.05. The number of nitrogens with zero attached hydrogens (tertiary/aromatic N) is 2. The lowest BCUT2D eigenvalue weighted by Gasteiger charge is -2.24. The van der Waals surface area contributed by atoms with Gasteiger partial charge >= 0.3 is 5.97 Å². The Morgan fingerprint density at radius 1 is 1.35 bits per heavy atom. The van der Waals surface area contributed by atoms with Crippen LogP contribution in [0, 0.1) is 23.7 Å². The van der Waals surface area contributed by atoms with E-state index in [-0.39, 0.29) is 24.9 Å². The summed E-state index contributed by atoms with van der Waals surface area (Å²) >= 11 is 0. The number of carbonyl (C=O) groups is 2. The van der Waals surface area contributed by atoms with Crippen molar-refractivity contribution in [1.29, 1.82) is 5.26 Å². The minimum absolute atomic E-state index is 0.128. The van der Waals surface area contributed by atoms with E-state index in [1.807, 2.05) is 0 Å². The lowest BCUT2D eigenvalue weighted by molar-refractivity contribution is -0.137. The molecule has 0 aromatic rings. The minimum Gasteiger partial charge on any atom is -0.481 e. The second-order valence-electron chi connectivity index (χ2n) is 4.73. The van der Waals surface area contributed by atoms with Gasteiger partial charge < -0.3 is 15.3 Å². The predicted molar refractivity (Wildman–Crippen MR) is 72.5 cm³/mol. The second kappa shape index (κ2) is 8.19. The van der Waals surface area contributed by atoms with Crippen molar-refractivity contribution in [3.63, 3.8) is 0 Å². The molecular formula is C14H19N3O3. The Morgan fingerprint density at radius 3 is 2.65 bits per heavy atom. The fourth-order valence-electron chi connectivity index (χ4n) is 2.26. The highest BCUT2D eigenvalue weighted by Gasteiger charge is 2.35. The summed E-state index contributed by atoms with van der Waals surface area (Å²) in [5, 5.41) is 20.5. The van der Waals surface area contributed by atoms with Crippen LogP contribution in [0.25, 0.3) is 0 Å². The van der Waals surface area contributed by atoms with E-state index in [0.29, 0.717) is 32.2 Å². The molecule has 1 fully saturated rings. The zero-order valence-corrected chi connectivity index (χ0v) is 11.3. The molecule has 1 heterocycles. The lowest BCUT2D eigenvalue weighted by atomic mass is 10.2. The van der Waals surface area contributed by atoms with Gasteiger partial charge in [0.25, 0.3) is 0 Å². The van der Waals surface area contributed by atoms with Crippen LogP contribution in [-0.2, 0) is 9.59 Å². The number of rotatable bonds is 7. The van der Waals surface area contributed by atoms with Gasteiger partial charge in [-0.3, -0.25) is 9.59 Å². The van der Waals surface area contributed by atoms with E-state index in [2.05, 4.69) is 17.3 Å². The molecule has 20 heavy (non-hydrogen) atoms. The zero-order valence-electron chi connectivity index (χ0n) is 11.3. The number of aliphatic carboxylic acids is 1. The average molecular weight is 277 g/mol. The van der Waals surface area contributed by atoms with Gasteiger partial charge in [0.2, 0.25) is 5.91 Å². The van der Waals surface area contributed by atoms with Gasteiger partial charge in [0, 0.05) is 6.42 Å². The highest BCUT2D eigenvalue weighted by Crippen LogP contribution is 2.23. The molecule has 108 valence electrons. The van der Waals surface area contributed by atoms with Gasteiger partial charge in [-0.15, -0.1) is 6.42 Å². The van der Waals surface area contributed by atoms with E-state index in [1.165, 1.54) is 4.90 Å². The minimum atomic E-state index is -0.813. The summed E-state index contributed by atoms with van der Waals surface area (Å²) in [7, 11) is 0. The maximum absolute atomic E-state index is 12.0. The monoisotopic (exact) mass is 277 g/mol. The fraction of sp³-hybridized carbons (Fsp3) is 0.643. The Balaban J connectivity index is 2.29. The standard InChI is InChI=1S/C14H19N3O3/c1-2-11-6-7-12(9-15)17(11)13(18)10-16-8-4-3-5-14(19)20/h1,11-12,16H,3-8,10H2,(H,19,20)/t11-,12-/m0/s1. The Morgan fingerprint density at radius 2 is 2.05 bits per heavy atom. The zero-order chi connectivity index (χ0) is 15.0. The van der Waals surface area contributed by atoms with E-state index in [4.69, 9.17) is 16.8 Å². The number of terminal acetylenes is 1. The molecule has 1 aliphatic heterocycles. The highest BCUT2D eigenvalue weighted by molar-refractivity contribution is 5.80. The third kappa shape index (κ3) is 4.56. The SMILES string of the molecule is C#C[C@H]1CC[C@@H](C#N)N1C(=O)CNCCCCC(=O)O. The van der Waals surface area contributed by atoms with E-state index < -0.39 is 12.0 Å². The molecule has 0 unspecified atom stereocenters. The molecule has 2 atom stereocenters. The summed E-state index contributed by atoms with van der Waals surface area (Å²) in [6.07, 6.45) is 8.07. The van der Waals surface area contributed by atoms with Gasteiger partial charge in [0.1, 0.15) is 6.04 Å². The van der Waals surface area contributed by atoms with Crippen LogP contribution in [-0.4, -0.2) is 47.1 Å². The largest absolute Gasteiger partial charge is 0.481 e. The molecule has 0 radical (unpaired) electrons. The number of hydrogen-bond donors (Lipinski definition) is 2. The summed E-state index contributed by atoms with van der Waals surface area (Å²) < 4.78 is 0. The topological polar surface area (TPSA) is 93.4 Å². The quantitative estimate of drug-likeness (QED) is 0.517. The number of carboxylic acid groups (broad SMARTS) is 1. The van der Waals surface area contributed by atoms with Gasteiger partial charge in [-0.25, -0.2) is 0 Å². The molecule has 0 spiro atoms. The molecule has 0 saturated carbocycles. The van der Waals surface area contributed by atoms with Crippen molar-refractivity contribution < 1.29 is 14.7 Å². The lowest BCUT2D eigenvalue weighted by Crippen LogP contribution is -2.44. The molecule has 0 bridgehead atoms. The number of nitrogens with one attached hydrogen (secondary N) is 1. The summed E-state index contributed by atoms with van der Waals surface area (Å²) in [5.41, 5.74) is 0. The van der Waals surface area contributed by atoms with E-state index >= 15 is 0 Å². The summed E-state index contributed by atoms with van der Waals surface area (Å²) in [6.45, 7) is 0.703. The van der Waals surface area contributed by atoms with Gasteiger partial charge in [-0.2, -0.15) is 5.26 Å².